The summed E-state index contributed by atoms with van der Waals surface area (Å²) >= 11 is 5.81. The Bertz CT molecular complexity index is 489. The lowest BCUT2D eigenvalue weighted by Crippen LogP contribution is -2.09. The highest BCUT2D eigenvalue weighted by Crippen LogP contribution is 2.10. The van der Waals surface area contributed by atoms with Gasteiger partial charge in [-0.15, -0.1) is 0 Å². The van der Waals surface area contributed by atoms with Crippen LogP contribution < -0.4 is 10.6 Å². The number of aromatic nitrogens is 4. The van der Waals surface area contributed by atoms with Gasteiger partial charge in [0.15, 0.2) is 5.76 Å². The van der Waals surface area contributed by atoms with Crippen LogP contribution in [-0.2, 0) is 6.54 Å². The molecule has 2 N–H and O–H groups in total. The molecule has 0 saturated carbocycles. The molecule has 0 radical (unpaired) electrons. The number of rotatable bonds is 6. The second-order valence-electron chi connectivity index (χ2n) is 3.51. The molecule has 96 valence electrons. The van der Waals surface area contributed by atoms with Gasteiger partial charge in [0.05, 0.1) is 12.7 Å². The minimum atomic E-state index is 0.142. The Morgan fingerprint density at radius 2 is 2.00 bits per heavy atom. The third kappa shape index (κ3) is 3.56. The van der Waals surface area contributed by atoms with Crippen LogP contribution in [0.15, 0.2) is 16.8 Å². The van der Waals surface area contributed by atoms with Gasteiger partial charge in [-0.3, -0.25) is 0 Å². The molecule has 2 rings (SSSR count). The van der Waals surface area contributed by atoms with Gasteiger partial charge in [0.1, 0.15) is 0 Å². The molecule has 18 heavy (non-hydrogen) atoms. The summed E-state index contributed by atoms with van der Waals surface area (Å²) in [7, 11) is 0. The number of hydrogen-bond donors (Lipinski definition) is 2. The molecule has 0 spiro atoms. The second-order valence-corrected chi connectivity index (χ2v) is 3.85. The average Bonchev–Trinajstić information content (AvgIpc) is 2.86. The Morgan fingerprint density at radius 1 is 1.22 bits per heavy atom. The predicted molar refractivity (Wildman–Crippen MR) is 67.4 cm³/mol. The van der Waals surface area contributed by atoms with E-state index in [1.165, 1.54) is 0 Å². The number of halogens is 1. The number of nitrogens with zero attached hydrogens (tertiary/aromatic N) is 4. The molecule has 2 aromatic rings. The zero-order valence-corrected chi connectivity index (χ0v) is 10.6. The van der Waals surface area contributed by atoms with Crippen molar-refractivity contribution in [1.29, 1.82) is 0 Å². The maximum atomic E-state index is 5.81. The van der Waals surface area contributed by atoms with Gasteiger partial charge in [-0.25, -0.2) is 0 Å². The van der Waals surface area contributed by atoms with Crippen molar-refractivity contribution in [3.8, 4) is 0 Å². The fraction of sp³-hybridized carbons (Fsp3) is 0.400. The standard InChI is InChI=1S/C10H13ClN6O/c1-2-4-12-9-15-8(11)16-10(17-9)13-6-7-3-5-14-18-7/h3,5H,2,4,6H2,1H3,(H2,12,13,15,16,17). The normalized spacial score (nSPS) is 10.3. The average molecular weight is 269 g/mol. The maximum Gasteiger partial charge on any atom is 0.229 e. The summed E-state index contributed by atoms with van der Waals surface area (Å²) in [6.45, 7) is 3.27. The van der Waals surface area contributed by atoms with Crippen molar-refractivity contribution in [3.63, 3.8) is 0 Å². The lowest BCUT2D eigenvalue weighted by molar-refractivity contribution is 0.388. The minimum Gasteiger partial charge on any atom is -0.360 e. The van der Waals surface area contributed by atoms with Crippen LogP contribution >= 0.6 is 11.6 Å². The van der Waals surface area contributed by atoms with E-state index in [1.54, 1.807) is 12.3 Å². The molecular weight excluding hydrogens is 256 g/mol. The van der Waals surface area contributed by atoms with Crippen molar-refractivity contribution in [2.45, 2.75) is 19.9 Å². The summed E-state index contributed by atoms with van der Waals surface area (Å²) < 4.78 is 4.95. The highest BCUT2D eigenvalue weighted by molar-refractivity contribution is 6.28. The van der Waals surface area contributed by atoms with Crippen LogP contribution in [0.3, 0.4) is 0 Å². The van der Waals surface area contributed by atoms with E-state index in [4.69, 9.17) is 16.1 Å². The van der Waals surface area contributed by atoms with Crippen LogP contribution in [0.25, 0.3) is 0 Å². The van der Waals surface area contributed by atoms with Gasteiger partial charge in [0.2, 0.25) is 17.2 Å². The largest absolute Gasteiger partial charge is 0.360 e. The van der Waals surface area contributed by atoms with Crippen LogP contribution in [0.1, 0.15) is 19.1 Å². The van der Waals surface area contributed by atoms with E-state index in [2.05, 4.69) is 37.7 Å². The molecule has 7 nitrogen and oxygen atoms in total. The van der Waals surface area contributed by atoms with Gasteiger partial charge in [-0.1, -0.05) is 12.1 Å². The van der Waals surface area contributed by atoms with Crippen molar-refractivity contribution in [1.82, 2.24) is 20.1 Å². The highest BCUT2D eigenvalue weighted by Gasteiger charge is 2.05. The molecule has 0 aliphatic rings. The molecule has 8 heteroatoms. The first kappa shape index (κ1) is 12.6. The van der Waals surface area contributed by atoms with Crippen molar-refractivity contribution < 1.29 is 4.52 Å². The summed E-state index contributed by atoms with van der Waals surface area (Å²) in [4.78, 5) is 12.1. The van der Waals surface area contributed by atoms with E-state index < -0.39 is 0 Å². The summed E-state index contributed by atoms with van der Waals surface area (Å²) in [5.41, 5.74) is 0. The maximum absolute atomic E-state index is 5.81. The molecule has 0 unspecified atom stereocenters. The molecule has 0 aliphatic carbocycles. The van der Waals surface area contributed by atoms with Crippen LogP contribution in [0, 0.1) is 0 Å². The smallest absolute Gasteiger partial charge is 0.229 e. The first-order valence-corrected chi connectivity index (χ1v) is 5.94. The molecule has 0 bridgehead atoms. The SMILES string of the molecule is CCCNc1nc(Cl)nc(NCc2ccno2)n1. The van der Waals surface area contributed by atoms with Crippen LogP contribution in [0.2, 0.25) is 5.28 Å². The lowest BCUT2D eigenvalue weighted by atomic mass is 10.4. The van der Waals surface area contributed by atoms with Gasteiger partial charge in [0.25, 0.3) is 0 Å². The molecule has 0 saturated heterocycles. The van der Waals surface area contributed by atoms with Crippen molar-refractivity contribution in [3.05, 3.63) is 23.3 Å². The Hall–Kier alpha value is -1.89. The zero-order valence-electron chi connectivity index (χ0n) is 9.85. The Balaban J connectivity index is 2.00. The molecule has 2 heterocycles. The molecule has 0 aromatic carbocycles. The van der Waals surface area contributed by atoms with E-state index in [9.17, 15) is 0 Å². The first-order chi connectivity index (χ1) is 8.78. The molecular formula is C10H13ClN6O. The van der Waals surface area contributed by atoms with Gasteiger partial charge in [-0.2, -0.15) is 15.0 Å². The monoisotopic (exact) mass is 268 g/mol. The van der Waals surface area contributed by atoms with E-state index in [0.29, 0.717) is 24.2 Å². The molecule has 0 amide bonds. The molecule has 0 atom stereocenters. The zero-order chi connectivity index (χ0) is 12.8. The van der Waals surface area contributed by atoms with Gasteiger partial charge >= 0.3 is 0 Å². The summed E-state index contributed by atoms with van der Waals surface area (Å²) in [5, 5.41) is 9.78. The summed E-state index contributed by atoms with van der Waals surface area (Å²) in [6.07, 6.45) is 2.55. The Morgan fingerprint density at radius 3 is 2.67 bits per heavy atom. The minimum absolute atomic E-state index is 0.142. The van der Waals surface area contributed by atoms with E-state index in [0.717, 1.165) is 13.0 Å². The van der Waals surface area contributed by atoms with Crippen LogP contribution in [0.4, 0.5) is 11.9 Å². The first-order valence-electron chi connectivity index (χ1n) is 5.57. The Kier molecular flexibility index (Phi) is 4.30. The van der Waals surface area contributed by atoms with E-state index in [-0.39, 0.29) is 5.28 Å². The van der Waals surface area contributed by atoms with Crippen LogP contribution in [-0.4, -0.2) is 26.7 Å². The van der Waals surface area contributed by atoms with Crippen molar-refractivity contribution in [2.24, 2.45) is 0 Å². The Labute approximate surface area is 109 Å². The fourth-order valence-electron chi connectivity index (χ4n) is 1.24. The van der Waals surface area contributed by atoms with Gasteiger partial charge in [-0.05, 0) is 18.0 Å². The third-order valence-electron chi connectivity index (χ3n) is 2.05. The second kappa shape index (κ2) is 6.15. The van der Waals surface area contributed by atoms with Crippen molar-refractivity contribution >= 4 is 23.5 Å². The van der Waals surface area contributed by atoms with Gasteiger partial charge in [0, 0.05) is 12.6 Å². The van der Waals surface area contributed by atoms with Gasteiger partial charge < -0.3 is 15.2 Å². The van der Waals surface area contributed by atoms with E-state index >= 15 is 0 Å². The molecule has 2 aromatic heterocycles. The number of anilines is 2. The molecule has 0 aliphatic heterocycles. The van der Waals surface area contributed by atoms with Crippen LogP contribution in [0.5, 0.6) is 0 Å². The lowest BCUT2D eigenvalue weighted by Gasteiger charge is -2.06. The van der Waals surface area contributed by atoms with E-state index in [1.807, 2.05) is 0 Å². The predicted octanol–water partition coefficient (Wildman–Crippen LogP) is 1.95. The topological polar surface area (TPSA) is 88.8 Å². The third-order valence-corrected chi connectivity index (χ3v) is 2.22. The number of hydrogen-bond acceptors (Lipinski definition) is 7. The molecule has 0 fully saturated rings. The fourth-order valence-corrected chi connectivity index (χ4v) is 1.40. The number of nitrogens with one attached hydrogen (secondary N) is 2. The summed E-state index contributed by atoms with van der Waals surface area (Å²) in [5.74, 6) is 1.54. The quantitative estimate of drug-likeness (QED) is 0.827. The summed E-state index contributed by atoms with van der Waals surface area (Å²) in [6, 6.07) is 1.76. The highest BCUT2D eigenvalue weighted by atomic mass is 35.5. The van der Waals surface area contributed by atoms with Crippen molar-refractivity contribution in [2.75, 3.05) is 17.2 Å².